The highest BCUT2D eigenvalue weighted by Crippen LogP contribution is 2.48. The molecule has 0 radical (unpaired) electrons. The monoisotopic (exact) mass is 263 g/mol. The van der Waals surface area contributed by atoms with Crippen LogP contribution >= 0.6 is 0 Å². The van der Waals surface area contributed by atoms with Gasteiger partial charge >= 0.3 is 5.97 Å². The standard InChI is InChI=1S/C14H21N3O2/c1-2-3-12-13(14(18)19)15-16-17(12)8-11-7-9-4-5-10(11)6-9/h9-11H,2-8H2,1H3,(H,18,19). The van der Waals surface area contributed by atoms with Gasteiger partial charge in [-0.2, -0.15) is 0 Å². The van der Waals surface area contributed by atoms with Crippen molar-refractivity contribution in [3.05, 3.63) is 11.4 Å². The van der Waals surface area contributed by atoms with E-state index in [0.717, 1.165) is 36.9 Å². The molecule has 5 heteroatoms. The Kier molecular flexibility index (Phi) is 3.29. The van der Waals surface area contributed by atoms with Gasteiger partial charge in [0.15, 0.2) is 5.69 Å². The van der Waals surface area contributed by atoms with E-state index in [1.165, 1.54) is 25.7 Å². The van der Waals surface area contributed by atoms with Crippen molar-refractivity contribution in [3.63, 3.8) is 0 Å². The Bertz CT molecular complexity index is 483. The van der Waals surface area contributed by atoms with E-state index in [1.807, 2.05) is 4.68 Å². The topological polar surface area (TPSA) is 68.0 Å². The first kappa shape index (κ1) is 12.6. The predicted octanol–water partition coefficient (Wildman–Crippen LogP) is 2.37. The van der Waals surface area contributed by atoms with Crippen LogP contribution in [-0.4, -0.2) is 26.1 Å². The number of rotatable bonds is 5. The molecule has 3 atom stereocenters. The summed E-state index contributed by atoms with van der Waals surface area (Å²) in [6.07, 6.45) is 7.06. The first-order valence-electron chi connectivity index (χ1n) is 7.34. The molecule has 0 aliphatic heterocycles. The first-order chi connectivity index (χ1) is 9.19. The summed E-state index contributed by atoms with van der Waals surface area (Å²) >= 11 is 0. The Morgan fingerprint density at radius 3 is 2.84 bits per heavy atom. The van der Waals surface area contributed by atoms with Crippen LogP contribution in [0.2, 0.25) is 0 Å². The third-order valence-electron chi connectivity index (χ3n) is 4.82. The molecular formula is C14H21N3O2. The summed E-state index contributed by atoms with van der Waals surface area (Å²) in [7, 11) is 0. The number of carboxylic acids is 1. The number of carbonyl (C=O) groups is 1. The Balaban J connectivity index is 1.78. The lowest BCUT2D eigenvalue weighted by atomic mass is 9.89. The summed E-state index contributed by atoms with van der Waals surface area (Å²) in [5.74, 6) is 1.46. The van der Waals surface area contributed by atoms with Crippen LogP contribution in [0.15, 0.2) is 0 Å². The van der Waals surface area contributed by atoms with Crippen molar-refractivity contribution in [1.82, 2.24) is 15.0 Å². The van der Waals surface area contributed by atoms with Gasteiger partial charge in [0.1, 0.15) is 0 Å². The van der Waals surface area contributed by atoms with Gasteiger partial charge in [-0.3, -0.25) is 0 Å². The molecule has 1 aromatic rings. The highest BCUT2D eigenvalue weighted by atomic mass is 16.4. The van der Waals surface area contributed by atoms with E-state index in [-0.39, 0.29) is 5.69 Å². The van der Waals surface area contributed by atoms with Crippen LogP contribution in [0.5, 0.6) is 0 Å². The molecular weight excluding hydrogens is 242 g/mol. The molecule has 1 aromatic heterocycles. The average Bonchev–Trinajstić information content (AvgIpc) is 3.06. The molecule has 104 valence electrons. The summed E-state index contributed by atoms with van der Waals surface area (Å²) in [5.41, 5.74) is 0.947. The third-order valence-corrected chi connectivity index (χ3v) is 4.82. The smallest absolute Gasteiger partial charge is 0.358 e. The minimum absolute atomic E-state index is 0.144. The van der Waals surface area contributed by atoms with Crippen LogP contribution in [-0.2, 0) is 13.0 Å². The van der Waals surface area contributed by atoms with E-state index in [4.69, 9.17) is 5.11 Å². The largest absolute Gasteiger partial charge is 0.476 e. The predicted molar refractivity (Wildman–Crippen MR) is 69.9 cm³/mol. The first-order valence-corrected chi connectivity index (χ1v) is 7.34. The normalized spacial score (nSPS) is 29.0. The molecule has 0 aromatic carbocycles. The molecule has 2 fully saturated rings. The summed E-state index contributed by atoms with van der Waals surface area (Å²) in [6, 6.07) is 0. The molecule has 2 bridgehead atoms. The molecule has 0 spiro atoms. The molecule has 1 heterocycles. The third kappa shape index (κ3) is 2.26. The van der Waals surface area contributed by atoms with Crippen molar-refractivity contribution < 1.29 is 9.90 Å². The zero-order valence-electron chi connectivity index (χ0n) is 11.4. The van der Waals surface area contributed by atoms with Gasteiger partial charge < -0.3 is 5.11 Å². The molecule has 19 heavy (non-hydrogen) atoms. The lowest BCUT2D eigenvalue weighted by Crippen LogP contribution is -2.20. The Hall–Kier alpha value is -1.39. The van der Waals surface area contributed by atoms with Crippen LogP contribution in [0.4, 0.5) is 0 Å². The van der Waals surface area contributed by atoms with Crippen molar-refractivity contribution in [2.24, 2.45) is 17.8 Å². The van der Waals surface area contributed by atoms with Gasteiger partial charge in [0.2, 0.25) is 0 Å². The number of hydrogen-bond donors (Lipinski definition) is 1. The molecule has 2 saturated carbocycles. The Labute approximate surface area is 113 Å². The number of hydrogen-bond acceptors (Lipinski definition) is 3. The Morgan fingerprint density at radius 1 is 1.42 bits per heavy atom. The fourth-order valence-corrected chi connectivity index (χ4v) is 3.95. The number of nitrogens with zero attached hydrogens (tertiary/aromatic N) is 3. The van der Waals surface area contributed by atoms with E-state index < -0.39 is 5.97 Å². The van der Waals surface area contributed by atoms with Crippen LogP contribution < -0.4 is 0 Å². The van der Waals surface area contributed by atoms with E-state index in [2.05, 4.69) is 17.2 Å². The zero-order chi connectivity index (χ0) is 13.4. The Morgan fingerprint density at radius 2 is 2.26 bits per heavy atom. The maximum absolute atomic E-state index is 11.2. The number of aromatic carboxylic acids is 1. The van der Waals surface area contributed by atoms with Crippen LogP contribution in [0.1, 0.15) is 55.2 Å². The summed E-state index contributed by atoms with van der Waals surface area (Å²) in [5, 5.41) is 17.1. The van der Waals surface area contributed by atoms with Gasteiger partial charge in [0.05, 0.1) is 5.69 Å². The summed E-state index contributed by atoms with van der Waals surface area (Å²) in [6.45, 7) is 2.91. The summed E-state index contributed by atoms with van der Waals surface area (Å²) in [4.78, 5) is 11.2. The second-order valence-corrected chi connectivity index (χ2v) is 6.06. The molecule has 3 rings (SSSR count). The van der Waals surface area contributed by atoms with Crippen LogP contribution in [0, 0.1) is 17.8 Å². The van der Waals surface area contributed by atoms with Crippen LogP contribution in [0.3, 0.4) is 0 Å². The van der Waals surface area contributed by atoms with Crippen molar-refractivity contribution in [2.75, 3.05) is 0 Å². The van der Waals surface area contributed by atoms with Gasteiger partial charge in [-0.25, -0.2) is 9.48 Å². The van der Waals surface area contributed by atoms with Crippen molar-refractivity contribution in [1.29, 1.82) is 0 Å². The molecule has 3 unspecified atom stereocenters. The fourth-order valence-electron chi connectivity index (χ4n) is 3.95. The van der Waals surface area contributed by atoms with E-state index in [9.17, 15) is 4.79 Å². The van der Waals surface area contributed by atoms with E-state index >= 15 is 0 Å². The molecule has 2 aliphatic rings. The van der Waals surface area contributed by atoms with Gasteiger partial charge in [-0.15, -0.1) is 5.10 Å². The van der Waals surface area contributed by atoms with E-state index in [1.54, 1.807) is 0 Å². The van der Waals surface area contributed by atoms with E-state index in [0.29, 0.717) is 5.92 Å². The molecule has 5 nitrogen and oxygen atoms in total. The zero-order valence-corrected chi connectivity index (χ0v) is 11.4. The lowest BCUT2D eigenvalue weighted by molar-refractivity contribution is 0.0689. The van der Waals surface area contributed by atoms with Crippen molar-refractivity contribution in [3.8, 4) is 0 Å². The fraction of sp³-hybridized carbons (Fsp3) is 0.786. The van der Waals surface area contributed by atoms with Crippen molar-refractivity contribution in [2.45, 2.75) is 52.0 Å². The highest BCUT2D eigenvalue weighted by molar-refractivity contribution is 5.86. The van der Waals surface area contributed by atoms with Gasteiger partial charge in [-0.1, -0.05) is 25.0 Å². The minimum atomic E-state index is -0.956. The molecule has 2 aliphatic carbocycles. The van der Waals surface area contributed by atoms with Crippen LogP contribution in [0.25, 0.3) is 0 Å². The maximum Gasteiger partial charge on any atom is 0.358 e. The van der Waals surface area contributed by atoms with Gasteiger partial charge in [0, 0.05) is 6.54 Å². The SMILES string of the molecule is CCCc1c(C(=O)O)nnn1CC1CC2CCC1C2. The average molecular weight is 263 g/mol. The van der Waals surface area contributed by atoms with Crippen molar-refractivity contribution >= 4 is 5.97 Å². The quantitative estimate of drug-likeness (QED) is 0.885. The summed E-state index contributed by atoms with van der Waals surface area (Å²) < 4.78 is 1.86. The molecule has 1 N–H and O–H groups in total. The van der Waals surface area contributed by atoms with Gasteiger partial charge in [0.25, 0.3) is 0 Å². The minimum Gasteiger partial charge on any atom is -0.476 e. The number of fused-ring (bicyclic) bond motifs is 2. The number of carboxylic acid groups (broad SMARTS) is 1. The molecule has 0 amide bonds. The van der Waals surface area contributed by atoms with Gasteiger partial charge in [-0.05, 0) is 43.4 Å². The molecule has 0 saturated heterocycles. The highest BCUT2D eigenvalue weighted by Gasteiger charge is 2.40. The second kappa shape index (κ2) is 4.94. The lowest BCUT2D eigenvalue weighted by Gasteiger charge is -2.22. The number of aromatic nitrogens is 3. The maximum atomic E-state index is 11.2. The second-order valence-electron chi connectivity index (χ2n) is 6.06.